The number of benzene rings is 3. The molecule has 1 aliphatic rings. The zero-order chi connectivity index (χ0) is 17.8. The van der Waals surface area contributed by atoms with Crippen LogP contribution in [0.3, 0.4) is 0 Å². The van der Waals surface area contributed by atoms with Gasteiger partial charge in [0.15, 0.2) is 0 Å². The first-order valence-corrected chi connectivity index (χ1v) is 9.44. The topological polar surface area (TPSA) is 29.3 Å². The van der Waals surface area contributed by atoms with Gasteiger partial charge in [-0.3, -0.25) is 4.90 Å². The van der Waals surface area contributed by atoms with E-state index in [0.717, 1.165) is 25.9 Å². The Kier molecular flexibility index (Phi) is 5.14. The van der Waals surface area contributed by atoms with E-state index in [-0.39, 0.29) is 6.04 Å². The lowest BCUT2D eigenvalue weighted by atomic mass is 9.84. The van der Waals surface area contributed by atoms with Crippen molar-refractivity contribution in [1.82, 2.24) is 4.90 Å². The summed E-state index contributed by atoms with van der Waals surface area (Å²) in [5.41, 5.74) is 12.2. The molecule has 0 heterocycles. The van der Waals surface area contributed by atoms with Crippen LogP contribution in [0.5, 0.6) is 0 Å². The standard InChI is InChI=1S/C24H26N2/c25-23-15-21-13-7-8-14-22(21)16-24(23)26(17-19-9-3-1-4-10-19)18-20-11-5-2-6-12-20/h1-14,23-24H,15-18,25H2/t23-,24-/m1/s1. The third-order valence-corrected chi connectivity index (χ3v) is 5.42. The Morgan fingerprint density at radius 2 is 1.12 bits per heavy atom. The first kappa shape index (κ1) is 17.0. The molecule has 2 atom stereocenters. The molecule has 0 fully saturated rings. The molecule has 0 radical (unpaired) electrons. The highest BCUT2D eigenvalue weighted by atomic mass is 15.2. The maximum absolute atomic E-state index is 6.66. The average Bonchev–Trinajstić information content (AvgIpc) is 2.68. The molecule has 0 amide bonds. The van der Waals surface area contributed by atoms with Crippen molar-refractivity contribution in [3.63, 3.8) is 0 Å². The molecular weight excluding hydrogens is 316 g/mol. The zero-order valence-corrected chi connectivity index (χ0v) is 15.1. The largest absolute Gasteiger partial charge is 0.326 e. The van der Waals surface area contributed by atoms with Crippen LogP contribution >= 0.6 is 0 Å². The van der Waals surface area contributed by atoms with Crippen LogP contribution in [0.4, 0.5) is 0 Å². The Bertz CT molecular complexity index is 788. The van der Waals surface area contributed by atoms with E-state index in [4.69, 9.17) is 5.73 Å². The molecule has 2 heteroatoms. The van der Waals surface area contributed by atoms with E-state index < -0.39 is 0 Å². The van der Waals surface area contributed by atoms with Crippen molar-refractivity contribution in [2.75, 3.05) is 0 Å². The third kappa shape index (κ3) is 3.87. The normalized spacial score (nSPS) is 19.3. The summed E-state index contributed by atoms with van der Waals surface area (Å²) < 4.78 is 0. The zero-order valence-electron chi connectivity index (χ0n) is 15.1. The molecule has 1 aliphatic carbocycles. The number of nitrogens with zero attached hydrogens (tertiary/aromatic N) is 1. The van der Waals surface area contributed by atoms with Gasteiger partial charge in [0.1, 0.15) is 0 Å². The molecule has 2 N–H and O–H groups in total. The van der Waals surface area contributed by atoms with E-state index >= 15 is 0 Å². The number of hydrogen-bond donors (Lipinski definition) is 1. The van der Waals surface area contributed by atoms with Crippen molar-refractivity contribution in [2.24, 2.45) is 5.73 Å². The van der Waals surface area contributed by atoms with E-state index in [1.807, 2.05) is 0 Å². The van der Waals surface area contributed by atoms with Gasteiger partial charge in [-0.05, 0) is 35.1 Å². The molecule has 0 aliphatic heterocycles. The first-order valence-electron chi connectivity index (χ1n) is 9.44. The van der Waals surface area contributed by atoms with Crippen LogP contribution in [-0.2, 0) is 25.9 Å². The fourth-order valence-corrected chi connectivity index (χ4v) is 4.05. The van der Waals surface area contributed by atoms with Gasteiger partial charge in [0.2, 0.25) is 0 Å². The fraction of sp³-hybridized carbons (Fsp3) is 0.250. The van der Waals surface area contributed by atoms with Crippen molar-refractivity contribution in [3.05, 3.63) is 107 Å². The summed E-state index contributed by atoms with van der Waals surface area (Å²) in [4.78, 5) is 2.56. The lowest BCUT2D eigenvalue weighted by Crippen LogP contribution is -2.51. The number of hydrogen-bond acceptors (Lipinski definition) is 2. The summed E-state index contributed by atoms with van der Waals surface area (Å²) in [6, 6.07) is 30.7. The molecule has 26 heavy (non-hydrogen) atoms. The second-order valence-corrected chi connectivity index (χ2v) is 7.28. The molecule has 0 bridgehead atoms. The number of rotatable bonds is 5. The van der Waals surface area contributed by atoms with E-state index in [1.165, 1.54) is 22.3 Å². The Hall–Kier alpha value is -2.42. The Balaban J connectivity index is 1.61. The fourth-order valence-electron chi connectivity index (χ4n) is 4.05. The SMILES string of the molecule is N[C@@H]1Cc2ccccc2C[C@H]1N(Cc1ccccc1)Cc1ccccc1. The van der Waals surface area contributed by atoms with Crippen molar-refractivity contribution < 1.29 is 0 Å². The van der Waals surface area contributed by atoms with Crippen LogP contribution < -0.4 is 5.73 Å². The molecular formula is C24H26N2. The summed E-state index contributed by atoms with van der Waals surface area (Å²) >= 11 is 0. The average molecular weight is 342 g/mol. The highest BCUT2D eigenvalue weighted by Gasteiger charge is 2.30. The monoisotopic (exact) mass is 342 g/mol. The second kappa shape index (κ2) is 7.86. The molecule has 3 aromatic carbocycles. The minimum Gasteiger partial charge on any atom is -0.326 e. The minimum atomic E-state index is 0.164. The van der Waals surface area contributed by atoms with E-state index in [1.54, 1.807) is 0 Å². The van der Waals surface area contributed by atoms with Crippen molar-refractivity contribution in [2.45, 2.75) is 38.0 Å². The van der Waals surface area contributed by atoms with Gasteiger partial charge in [0.25, 0.3) is 0 Å². The Morgan fingerprint density at radius 3 is 1.65 bits per heavy atom. The summed E-state index contributed by atoms with van der Waals surface area (Å²) in [6.45, 7) is 1.85. The predicted octanol–water partition coefficient (Wildman–Crippen LogP) is 4.18. The van der Waals surface area contributed by atoms with Crippen LogP contribution in [0.25, 0.3) is 0 Å². The molecule has 0 spiro atoms. The predicted molar refractivity (Wildman–Crippen MR) is 108 cm³/mol. The van der Waals surface area contributed by atoms with Crippen molar-refractivity contribution >= 4 is 0 Å². The minimum absolute atomic E-state index is 0.164. The van der Waals surface area contributed by atoms with Gasteiger partial charge in [-0.25, -0.2) is 0 Å². The highest BCUT2D eigenvalue weighted by Crippen LogP contribution is 2.26. The van der Waals surface area contributed by atoms with Gasteiger partial charge in [0.05, 0.1) is 0 Å². The maximum Gasteiger partial charge on any atom is 0.0297 e. The van der Waals surface area contributed by atoms with E-state index in [9.17, 15) is 0 Å². The van der Waals surface area contributed by atoms with Gasteiger partial charge in [-0.2, -0.15) is 0 Å². The quantitative estimate of drug-likeness (QED) is 0.753. The van der Waals surface area contributed by atoms with Crippen LogP contribution in [0.15, 0.2) is 84.9 Å². The third-order valence-electron chi connectivity index (χ3n) is 5.42. The molecule has 0 unspecified atom stereocenters. The van der Waals surface area contributed by atoms with Crippen molar-refractivity contribution in [3.8, 4) is 0 Å². The second-order valence-electron chi connectivity index (χ2n) is 7.28. The van der Waals surface area contributed by atoms with Crippen molar-refractivity contribution in [1.29, 1.82) is 0 Å². The molecule has 0 saturated heterocycles. The Labute approximate surface area is 156 Å². The summed E-state index contributed by atoms with van der Waals surface area (Å²) in [7, 11) is 0. The first-order chi connectivity index (χ1) is 12.8. The van der Waals surface area contributed by atoms with Gasteiger partial charge < -0.3 is 5.73 Å². The number of fused-ring (bicyclic) bond motifs is 1. The summed E-state index contributed by atoms with van der Waals surface area (Å²) in [5, 5.41) is 0. The van der Waals surface area contributed by atoms with Gasteiger partial charge >= 0.3 is 0 Å². The smallest absolute Gasteiger partial charge is 0.0297 e. The number of nitrogens with two attached hydrogens (primary N) is 1. The summed E-state index contributed by atoms with van der Waals surface area (Å²) in [5.74, 6) is 0. The van der Waals surface area contributed by atoms with Crippen LogP contribution in [0.2, 0.25) is 0 Å². The van der Waals surface area contributed by atoms with Crippen LogP contribution in [-0.4, -0.2) is 17.0 Å². The molecule has 0 saturated carbocycles. The van der Waals surface area contributed by atoms with Crippen LogP contribution in [0, 0.1) is 0 Å². The van der Waals surface area contributed by atoms with Crippen LogP contribution in [0.1, 0.15) is 22.3 Å². The lowest BCUT2D eigenvalue weighted by Gasteiger charge is -2.39. The van der Waals surface area contributed by atoms with E-state index in [2.05, 4.69) is 89.8 Å². The molecule has 132 valence electrons. The lowest BCUT2D eigenvalue weighted by molar-refractivity contribution is 0.145. The van der Waals surface area contributed by atoms with E-state index in [0.29, 0.717) is 6.04 Å². The highest BCUT2D eigenvalue weighted by molar-refractivity contribution is 5.32. The molecule has 3 aromatic rings. The van der Waals surface area contributed by atoms with Gasteiger partial charge in [-0.1, -0.05) is 84.9 Å². The molecule has 4 rings (SSSR count). The molecule has 2 nitrogen and oxygen atoms in total. The molecule has 0 aromatic heterocycles. The summed E-state index contributed by atoms with van der Waals surface area (Å²) in [6.07, 6.45) is 1.98. The Morgan fingerprint density at radius 1 is 0.654 bits per heavy atom. The van der Waals surface area contributed by atoms with Gasteiger partial charge in [0, 0.05) is 25.2 Å². The maximum atomic E-state index is 6.66. The van der Waals surface area contributed by atoms with Gasteiger partial charge in [-0.15, -0.1) is 0 Å².